The van der Waals surface area contributed by atoms with Gasteiger partial charge >= 0.3 is 0 Å². The van der Waals surface area contributed by atoms with Crippen LogP contribution in [0.4, 0.5) is 0 Å². The summed E-state index contributed by atoms with van der Waals surface area (Å²) in [7, 11) is -3.02. The molecule has 0 aromatic heterocycles. The Morgan fingerprint density at radius 2 is 1.68 bits per heavy atom. The third kappa shape index (κ3) is 3.43. The number of benzene rings is 2. The van der Waals surface area contributed by atoms with Gasteiger partial charge in [0.15, 0.2) is 9.84 Å². The summed E-state index contributed by atoms with van der Waals surface area (Å²) in [5, 5.41) is 9.06. The van der Waals surface area contributed by atoms with Gasteiger partial charge in [0, 0.05) is 6.26 Å². The highest BCUT2D eigenvalue weighted by Crippen LogP contribution is 2.23. The van der Waals surface area contributed by atoms with Crippen molar-refractivity contribution in [2.75, 3.05) is 6.26 Å². The van der Waals surface area contributed by atoms with Crippen LogP contribution in [0.25, 0.3) is 11.1 Å². The molecule has 19 heavy (non-hydrogen) atoms. The predicted molar refractivity (Wildman–Crippen MR) is 75.1 cm³/mol. The van der Waals surface area contributed by atoms with Crippen molar-refractivity contribution in [3.63, 3.8) is 0 Å². The maximum atomic E-state index is 11.2. The van der Waals surface area contributed by atoms with Crippen LogP contribution in [0.3, 0.4) is 0 Å². The van der Waals surface area contributed by atoms with E-state index in [1.165, 1.54) is 6.26 Å². The molecule has 0 bridgehead atoms. The molecule has 0 amide bonds. The Hall–Kier alpha value is -2.12. The van der Waals surface area contributed by atoms with Crippen molar-refractivity contribution in [2.45, 2.75) is 5.75 Å². The molecule has 2 rings (SSSR count). The summed E-state index contributed by atoms with van der Waals surface area (Å²) >= 11 is 0. The van der Waals surface area contributed by atoms with Crippen molar-refractivity contribution in [1.82, 2.24) is 0 Å². The minimum absolute atomic E-state index is 0.0349. The molecule has 0 fully saturated rings. The van der Waals surface area contributed by atoms with Crippen LogP contribution in [0, 0.1) is 11.3 Å². The SMILES string of the molecule is CS(=O)(=O)Cc1ccc(-c2ccccc2C#N)cc1. The third-order valence-electron chi connectivity index (χ3n) is 2.74. The lowest BCUT2D eigenvalue weighted by atomic mass is 10.00. The van der Waals surface area contributed by atoms with Crippen molar-refractivity contribution in [2.24, 2.45) is 0 Å². The van der Waals surface area contributed by atoms with Crippen LogP contribution < -0.4 is 0 Å². The van der Waals surface area contributed by atoms with Gasteiger partial charge in [-0.1, -0.05) is 42.5 Å². The van der Waals surface area contributed by atoms with Crippen LogP contribution in [-0.2, 0) is 15.6 Å². The first-order chi connectivity index (χ1) is 8.99. The van der Waals surface area contributed by atoms with Gasteiger partial charge in [-0.2, -0.15) is 5.26 Å². The smallest absolute Gasteiger partial charge is 0.151 e. The Balaban J connectivity index is 2.36. The first kappa shape index (κ1) is 13.3. The molecule has 3 nitrogen and oxygen atoms in total. The fraction of sp³-hybridized carbons (Fsp3) is 0.133. The number of hydrogen-bond acceptors (Lipinski definition) is 3. The van der Waals surface area contributed by atoms with E-state index in [1.54, 1.807) is 18.2 Å². The number of nitriles is 1. The number of hydrogen-bond donors (Lipinski definition) is 0. The number of nitrogens with zero attached hydrogens (tertiary/aromatic N) is 1. The van der Waals surface area contributed by atoms with E-state index in [0.29, 0.717) is 5.56 Å². The van der Waals surface area contributed by atoms with E-state index in [1.807, 2.05) is 30.3 Å². The van der Waals surface area contributed by atoms with Crippen LogP contribution in [0.15, 0.2) is 48.5 Å². The van der Waals surface area contributed by atoms with E-state index < -0.39 is 9.84 Å². The molecular weight excluding hydrogens is 258 g/mol. The normalized spacial score (nSPS) is 10.9. The lowest BCUT2D eigenvalue weighted by molar-refractivity contribution is 0.601. The predicted octanol–water partition coefficient (Wildman–Crippen LogP) is 2.77. The Bertz CT molecular complexity index is 725. The lowest BCUT2D eigenvalue weighted by Gasteiger charge is -2.05. The quantitative estimate of drug-likeness (QED) is 0.862. The van der Waals surface area contributed by atoms with Gasteiger partial charge < -0.3 is 0 Å². The van der Waals surface area contributed by atoms with Crippen LogP contribution in [0.1, 0.15) is 11.1 Å². The Kier molecular flexibility index (Phi) is 3.68. The monoisotopic (exact) mass is 271 g/mol. The minimum atomic E-state index is -3.02. The minimum Gasteiger partial charge on any atom is -0.229 e. The zero-order valence-corrected chi connectivity index (χ0v) is 11.3. The Labute approximate surface area is 113 Å². The highest BCUT2D eigenvalue weighted by Gasteiger charge is 2.06. The van der Waals surface area contributed by atoms with E-state index >= 15 is 0 Å². The topological polar surface area (TPSA) is 57.9 Å². The molecule has 0 unspecified atom stereocenters. The molecule has 0 aliphatic rings. The summed E-state index contributed by atoms with van der Waals surface area (Å²) in [4.78, 5) is 0. The summed E-state index contributed by atoms with van der Waals surface area (Å²) in [5.74, 6) is 0.0349. The van der Waals surface area contributed by atoms with E-state index in [-0.39, 0.29) is 5.75 Å². The average Bonchev–Trinajstić information content (AvgIpc) is 2.38. The van der Waals surface area contributed by atoms with Gasteiger partial charge in [0.05, 0.1) is 17.4 Å². The average molecular weight is 271 g/mol. The van der Waals surface area contributed by atoms with Gasteiger partial charge in [0.25, 0.3) is 0 Å². The third-order valence-corrected chi connectivity index (χ3v) is 3.60. The summed E-state index contributed by atoms with van der Waals surface area (Å²) in [6, 6.07) is 16.7. The molecule has 0 atom stereocenters. The van der Waals surface area contributed by atoms with Gasteiger partial charge in [-0.05, 0) is 22.8 Å². The van der Waals surface area contributed by atoms with Crippen LogP contribution in [0.5, 0.6) is 0 Å². The first-order valence-corrected chi connectivity index (χ1v) is 7.82. The summed E-state index contributed by atoms with van der Waals surface area (Å²) in [6.07, 6.45) is 1.21. The molecule has 0 aliphatic heterocycles. The zero-order valence-electron chi connectivity index (χ0n) is 10.5. The van der Waals surface area contributed by atoms with E-state index in [9.17, 15) is 8.42 Å². The van der Waals surface area contributed by atoms with E-state index in [2.05, 4.69) is 6.07 Å². The molecule has 0 saturated carbocycles. The van der Waals surface area contributed by atoms with Gasteiger partial charge in [-0.25, -0.2) is 8.42 Å². The Morgan fingerprint density at radius 3 is 2.26 bits per heavy atom. The second kappa shape index (κ2) is 5.25. The molecule has 0 saturated heterocycles. The largest absolute Gasteiger partial charge is 0.229 e. The molecule has 0 radical (unpaired) electrons. The summed E-state index contributed by atoms with van der Waals surface area (Å²) in [5.41, 5.74) is 3.13. The van der Waals surface area contributed by atoms with Crippen molar-refractivity contribution in [1.29, 1.82) is 5.26 Å². The van der Waals surface area contributed by atoms with E-state index in [4.69, 9.17) is 5.26 Å². The fourth-order valence-corrected chi connectivity index (χ4v) is 2.71. The van der Waals surface area contributed by atoms with Gasteiger partial charge in [-0.3, -0.25) is 0 Å². The second-order valence-corrected chi connectivity index (χ2v) is 6.56. The van der Waals surface area contributed by atoms with Gasteiger partial charge in [0.2, 0.25) is 0 Å². The molecule has 96 valence electrons. The Morgan fingerprint density at radius 1 is 1.05 bits per heavy atom. The van der Waals surface area contributed by atoms with Crippen LogP contribution in [0.2, 0.25) is 0 Å². The summed E-state index contributed by atoms with van der Waals surface area (Å²) in [6.45, 7) is 0. The standard InChI is InChI=1S/C15H13NO2S/c1-19(17,18)11-12-6-8-13(9-7-12)15-5-3-2-4-14(15)10-16/h2-9H,11H2,1H3. The van der Waals surface area contributed by atoms with Crippen molar-refractivity contribution >= 4 is 9.84 Å². The highest BCUT2D eigenvalue weighted by molar-refractivity contribution is 7.89. The molecule has 2 aromatic rings. The molecule has 0 heterocycles. The fourth-order valence-electron chi connectivity index (χ4n) is 1.92. The van der Waals surface area contributed by atoms with Crippen molar-refractivity contribution in [3.8, 4) is 17.2 Å². The second-order valence-electron chi connectivity index (χ2n) is 4.42. The molecule has 0 spiro atoms. The molecule has 4 heteroatoms. The van der Waals surface area contributed by atoms with Gasteiger partial charge in [-0.15, -0.1) is 0 Å². The molecule has 2 aromatic carbocycles. The lowest BCUT2D eigenvalue weighted by Crippen LogP contribution is -2.00. The summed E-state index contributed by atoms with van der Waals surface area (Å²) < 4.78 is 22.4. The maximum absolute atomic E-state index is 11.2. The van der Waals surface area contributed by atoms with Crippen LogP contribution in [-0.4, -0.2) is 14.7 Å². The zero-order chi connectivity index (χ0) is 13.9. The van der Waals surface area contributed by atoms with Crippen molar-refractivity contribution < 1.29 is 8.42 Å². The maximum Gasteiger partial charge on any atom is 0.151 e. The molecule has 0 aliphatic carbocycles. The van der Waals surface area contributed by atoms with Crippen LogP contribution >= 0.6 is 0 Å². The number of rotatable bonds is 3. The van der Waals surface area contributed by atoms with Gasteiger partial charge in [0.1, 0.15) is 0 Å². The highest BCUT2D eigenvalue weighted by atomic mass is 32.2. The first-order valence-electron chi connectivity index (χ1n) is 5.76. The molecule has 0 N–H and O–H groups in total. The van der Waals surface area contributed by atoms with Crippen molar-refractivity contribution in [3.05, 3.63) is 59.7 Å². The van der Waals surface area contributed by atoms with E-state index in [0.717, 1.165) is 16.7 Å². The molecular formula is C15H13NO2S. The number of sulfone groups is 1.